The first-order valence-corrected chi connectivity index (χ1v) is 6.10. The second-order valence-electron chi connectivity index (χ2n) is 4.99. The van der Waals surface area contributed by atoms with E-state index in [2.05, 4.69) is 5.43 Å². The number of nitrogens with zero attached hydrogens (tertiary/aromatic N) is 1. The number of nitrogens with one attached hydrogen (secondary N) is 1. The third-order valence-corrected chi connectivity index (χ3v) is 2.29. The number of carbonyl (C=O) groups excluding carboxylic acids is 2. The fourth-order valence-corrected chi connectivity index (χ4v) is 1.32. The van der Waals surface area contributed by atoms with E-state index in [4.69, 9.17) is 16.3 Å². The van der Waals surface area contributed by atoms with Gasteiger partial charge in [-0.3, -0.25) is 10.2 Å². The molecule has 0 aliphatic carbocycles. The lowest BCUT2D eigenvalue weighted by Crippen LogP contribution is -2.45. The first-order valence-electron chi connectivity index (χ1n) is 5.72. The van der Waals surface area contributed by atoms with Gasteiger partial charge >= 0.3 is 6.09 Å². The SMILES string of the molecule is CN(NC(=O)c1ccc(Cl)cc1)C(=O)OC(C)(C)C. The third kappa shape index (κ3) is 5.18. The number of amides is 2. The van der Waals surface area contributed by atoms with Gasteiger partial charge in [0, 0.05) is 17.6 Å². The van der Waals surface area contributed by atoms with Crippen molar-refractivity contribution in [1.82, 2.24) is 10.4 Å². The number of rotatable bonds is 1. The molecule has 0 atom stereocenters. The van der Waals surface area contributed by atoms with Gasteiger partial charge < -0.3 is 4.74 Å². The van der Waals surface area contributed by atoms with Crippen molar-refractivity contribution in [2.75, 3.05) is 7.05 Å². The molecule has 0 aliphatic heterocycles. The number of benzene rings is 1. The molecule has 2 amide bonds. The Hall–Kier alpha value is -1.75. The summed E-state index contributed by atoms with van der Waals surface area (Å²) in [5.74, 6) is -0.412. The van der Waals surface area contributed by atoms with Gasteiger partial charge in [-0.2, -0.15) is 0 Å². The van der Waals surface area contributed by atoms with Crippen LogP contribution < -0.4 is 5.43 Å². The summed E-state index contributed by atoms with van der Waals surface area (Å²) in [6.07, 6.45) is -0.630. The van der Waals surface area contributed by atoms with E-state index < -0.39 is 17.6 Å². The molecule has 0 saturated carbocycles. The van der Waals surface area contributed by atoms with E-state index in [1.165, 1.54) is 7.05 Å². The molecule has 0 radical (unpaired) electrons. The lowest BCUT2D eigenvalue weighted by atomic mass is 10.2. The van der Waals surface area contributed by atoms with Crippen LogP contribution in [0.4, 0.5) is 4.79 Å². The minimum absolute atomic E-state index is 0.403. The quantitative estimate of drug-likeness (QED) is 0.807. The normalized spacial score (nSPS) is 10.8. The topological polar surface area (TPSA) is 58.6 Å². The van der Waals surface area contributed by atoms with Crippen molar-refractivity contribution in [2.24, 2.45) is 0 Å². The van der Waals surface area contributed by atoms with Crippen LogP contribution in [0.5, 0.6) is 0 Å². The Morgan fingerprint density at radius 3 is 2.21 bits per heavy atom. The van der Waals surface area contributed by atoms with E-state index in [0.717, 1.165) is 5.01 Å². The Morgan fingerprint density at radius 2 is 1.74 bits per heavy atom. The Bertz CT molecular complexity index is 466. The average Bonchev–Trinajstić information content (AvgIpc) is 2.27. The summed E-state index contributed by atoms with van der Waals surface area (Å²) in [6, 6.07) is 6.34. The van der Waals surface area contributed by atoms with Gasteiger partial charge in [0.1, 0.15) is 5.60 Å². The van der Waals surface area contributed by atoms with E-state index in [0.29, 0.717) is 10.6 Å². The molecule has 0 aromatic heterocycles. The molecule has 104 valence electrons. The van der Waals surface area contributed by atoms with Crippen LogP contribution >= 0.6 is 11.6 Å². The molecular weight excluding hydrogens is 268 g/mol. The summed E-state index contributed by atoms with van der Waals surface area (Å²) < 4.78 is 5.11. The van der Waals surface area contributed by atoms with Crippen molar-refractivity contribution in [3.8, 4) is 0 Å². The van der Waals surface area contributed by atoms with Crippen molar-refractivity contribution in [1.29, 1.82) is 0 Å². The highest BCUT2D eigenvalue weighted by Crippen LogP contribution is 2.10. The Labute approximate surface area is 117 Å². The Kier molecular flexibility index (Phi) is 4.78. The molecule has 1 aromatic rings. The summed E-state index contributed by atoms with van der Waals surface area (Å²) >= 11 is 5.73. The van der Waals surface area contributed by atoms with Crippen molar-refractivity contribution in [3.05, 3.63) is 34.9 Å². The number of carbonyl (C=O) groups is 2. The summed E-state index contributed by atoms with van der Waals surface area (Å²) in [5.41, 5.74) is 2.20. The fourth-order valence-electron chi connectivity index (χ4n) is 1.19. The number of hydrazine groups is 1. The molecule has 0 heterocycles. The van der Waals surface area contributed by atoms with Crippen molar-refractivity contribution in [2.45, 2.75) is 26.4 Å². The number of hydrogen-bond acceptors (Lipinski definition) is 3. The maximum absolute atomic E-state index is 11.8. The van der Waals surface area contributed by atoms with Gasteiger partial charge in [-0.1, -0.05) is 11.6 Å². The molecule has 0 unspecified atom stereocenters. The molecule has 19 heavy (non-hydrogen) atoms. The summed E-state index contributed by atoms with van der Waals surface area (Å²) in [6.45, 7) is 5.25. The molecule has 5 nitrogen and oxygen atoms in total. The number of ether oxygens (including phenoxy) is 1. The van der Waals surface area contributed by atoms with Crippen LogP contribution in [0.2, 0.25) is 5.02 Å². The second-order valence-corrected chi connectivity index (χ2v) is 5.42. The predicted molar refractivity (Wildman–Crippen MR) is 72.9 cm³/mol. The zero-order chi connectivity index (χ0) is 14.6. The van der Waals surface area contributed by atoms with Gasteiger partial charge in [-0.05, 0) is 45.0 Å². The van der Waals surface area contributed by atoms with Crippen LogP contribution in [-0.2, 0) is 4.74 Å². The minimum Gasteiger partial charge on any atom is -0.442 e. The number of halogens is 1. The zero-order valence-corrected chi connectivity index (χ0v) is 12.1. The van der Waals surface area contributed by atoms with Gasteiger partial charge in [0.25, 0.3) is 5.91 Å². The van der Waals surface area contributed by atoms with E-state index in [9.17, 15) is 9.59 Å². The Balaban J connectivity index is 2.61. The zero-order valence-electron chi connectivity index (χ0n) is 11.4. The molecule has 6 heteroatoms. The van der Waals surface area contributed by atoms with E-state index in [-0.39, 0.29) is 0 Å². The largest absolute Gasteiger partial charge is 0.442 e. The maximum Gasteiger partial charge on any atom is 0.428 e. The average molecular weight is 285 g/mol. The molecule has 1 rings (SSSR count). The second kappa shape index (κ2) is 5.93. The molecule has 0 spiro atoms. The molecule has 1 aromatic carbocycles. The van der Waals surface area contributed by atoms with Crippen LogP contribution in [0.3, 0.4) is 0 Å². The van der Waals surface area contributed by atoms with E-state index in [1.807, 2.05) is 0 Å². The monoisotopic (exact) mass is 284 g/mol. The minimum atomic E-state index is -0.630. The van der Waals surface area contributed by atoms with Gasteiger partial charge in [-0.25, -0.2) is 9.80 Å². The maximum atomic E-state index is 11.8. The molecule has 0 saturated heterocycles. The van der Waals surface area contributed by atoms with Crippen LogP contribution in [0.15, 0.2) is 24.3 Å². The Morgan fingerprint density at radius 1 is 1.21 bits per heavy atom. The van der Waals surface area contributed by atoms with E-state index >= 15 is 0 Å². The first kappa shape index (κ1) is 15.3. The summed E-state index contributed by atoms with van der Waals surface area (Å²) in [7, 11) is 1.42. The highest BCUT2D eigenvalue weighted by atomic mass is 35.5. The summed E-state index contributed by atoms with van der Waals surface area (Å²) in [5, 5.41) is 1.54. The van der Waals surface area contributed by atoms with Gasteiger partial charge in [0.15, 0.2) is 0 Å². The molecule has 1 N–H and O–H groups in total. The van der Waals surface area contributed by atoms with Crippen LogP contribution in [0.1, 0.15) is 31.1 Å². The third-order valence-electron chi connectivity index (χ3n) is 2.04. The van der Waals surface area contributed by atoms with Gasteiger partial charge in [-0.15, -0.1) is 0 Å². The predicted octanol–water partition coefficient (Wildman–Crippen LogP) is 2.85. The van der Waals surface area contributed by atoms with Crippen molar-refractivity contribution < 1.29 is 14.3 Å². The first-order chi connectivity index (χ1) is 8.69. The van der Waals surface area contributed by atoms with Crippen molar-refractivity contribution in [3.63, 3.8) is 0 Å². The smallest absolute Gasteiger partial charge is 0.428 e. The highest BCUT2D eigenvalue weighted by molar-refractivity contribution is 6.30. The van der Waals surface area contributed by atoms with Crippen molar-refractivity contribution >= 4 is 23.6 Å². The van der Waals surface area contributed by atoms with Crippen LogP contribution in [0, 0.1) is 0 Å². The van der Waals surface area contributed by atoms with Crippen LogP contribution in [0.25, 0.3) is 0 Å². The highest BCUT2D eigenvalue weighted by Gasteiger charge is 2.21. The number of hydrogen-bond donors (Lipinski definition) is 1. The summed E-state index contributed by atoms with van der Waals surface area (Å²) in [4.78, 5) is 23.5. The molecule has 0 aliphatic rings. The van der Waals surface area contributed by atoms with Gasteiger partial charge in [0.2, 0.25) is 0 Å². The van der Waals surface area contributed by atoms with Gasteiger partial charge in [0.05, 0.1) is 0 Å². The molecule has 0 bridgehead atoms. The fraction of sp³-hybridized carbons (Fsp3) is 0.385. The standard InChI is InChI=1S/C13H17ClN2O3/c1-13(2,3)19-12(18)16(4)15-11(17)9-5-7-10(14)8-6-9/h5-8H,1-4H3,(H,15,17). The molecular formula is C13H17ClN2O3. The van der Waals surface area contributed by atoms with Crippen LogP contribution in [-0.4, -0.2) is 29.7 Å². The van der Waals surface area contributed by atoms with E-state index in [1.54, 1.807) is 45.0 Å². The lowest BCUT2D eigenvalue weighted by Gasteiger charge is -2.24. The lowest BCUT2D eigenvalue weighted by molar-refractivity contribution is 0.0195. The molecule has 0 fully saturated rings.